The molecule has 104 valence electrons. The Bertz CT molecular complexity index is 446. The smallest absolute Gasteiger partial charge is 0.324 e. The van der Waals surface area contributed by atoms with Crippen LogP contribution in [0.4, 0.5) is 0 Å². The highest BCUT2D eigenvalue weighted by Crippen LogP contribution is 2.35. The molecule has 0 saturated carbocycles. The van der Waals surface area contributed by atoms with Gasteiger partial charge in [-0.05, 0) is 43.5 Å². The first-order chi connectivity index (χ1) is 9.08. The first kappa shape index (κ1) is 14.4. The average molecular weight is 282 g/mol. The molecule has 19 heavy (non-hydrogen) atoms. The van der Waals surface area contributed by atoms with Crippen molar-refractivity contribution < 1.29 is 9.90 Å². The molecule has 1 aliphatic heterocycles. The molecule has 0 aromatic heterocycles. The van der Waals surface area contributed by atoms with Gasteiger partial charge in [-0.2, -0.15) is 0 Å². The van der Waals surface area contributed by atoms with E-state index in [0.717, 1.165) is 37.8 Å². The van der Waals surface area contributed by atoms with Crippen molar-refractivity contribution in [2.24, 2.45) is 0 Å². The Morgan fingerprint density at radius 3 is 2.68 bits per heavy atom. The van der Waals surface area contributed by atoms with Crippen LogP contribution in [-0.2, 0) is 11.3 Å². The Hall–Kier alpha value is -1.06. The molecule has 2 rings (SSSR count). The minimum absolute atomic E-state index is 0.672. The van der Waals surface area contributed by atoms with Crippen molar-refractivity contribution in [1.82, 2.24) is 4.90 Å². The standard InChI is InChI=1S/C15H20ClNO2/c1-2-8-15(14(18)19)9-3-10-17(15)11-12-4-6-13(16)7-5-12/h4-7H,2-3,8-11H2,1H3,(H,18,19). The van der Waals surface area contributed by atoms with Gasteiger partial charge in [-0.25, -0.2) is 0 Å². The molecule has 1 aromatic carbocycles. The summed E-state index contributed by atoms with van der Waals surface area (Å²) in [5.41, 5.74) is 0.446. The summed E-state index contributed by atoms with van der Waals surface area (Å²) >= 11 is 5.88. The molecule has 1 aromatic rings. The highest BCUT2D eigenvalue weighted by Gasteiger charge is 2.46. The number of hydrogen-bond acceptors (Lipinski definition) is 2. The lowest BCUT2D eigenvalue weighted by Gasteiger charge is -2.34. The number of likely N-dealkylation sites (tertiary alicyclic amines) is 1. The van der Waals surface area contributed by atoms with E-state index in [1.807, 2.05) is 31.2 Å². The van der Waals surface area contributed by atoms with Crippen LogP contribution in [0.2, 0.25) is 5.02 Å². The van der Waals surface area contributed by atoms with Crippen LogP contribution in [-0.4, -0.2) is 28.1 Å². The fourth-order valence-electron chi connectivity index (χ4n) is 3.02. The number of nitrogens with zero attached hydrogens (tertiary/aromatic N) is 1. The summed E-state index contributed by atoms with van der Waals surface area (Å²) in [4.78, 5) is 13.8. The van der Waals surface area contributed by atoms with Crippen LogP contribution < -0.4 is 0 Å². The first-order valence-corrected chi connectivity index (χ1v) is 7.19. The Labute approximate surface area is 119 Å². The summed E-state index contributed by atoms with van der Waals surface area (Å²) in [5.74, 6) is -0.680. The van der Waals surface area contributed by atoms with E-state index in [-0.39, 0.29) is 0 Å². The molecule has 0 amide bonds. The van der Waals surface area contributed by atoms with Crippen molar-refractivity contribution in [3.63, 3.8) is 0 Å². The van der Waals surface area contributed by atoms with Gasteiger partial charge in [0, 0.05) is 11.6 Å². The van der Waals surface area contributed by atoms with Gasteiger partial charge < -0.3 is 5.11 Å². The number of carboxylic acids is 1. The minimum Gasteiger partial charge on any atom is -0.480 e. The predicted molar refractivity (Wildman–Crippen MR) is 76.4 cm³/mol. The highest BCUT2D eigenvalue weighted by molar-refractivity contribution is 6.30. The summed E-state index contributed by atoms with van der Waals surface area (Å²) in [7, 11) is 0. The van der Waals surface area contributed by atoms with Gasteiger partial charge >= 0.3 is 5.97 Å². The van der Waals surface area contributed by atoms with E-state index in [1.165, 1.54) is 0 Å². The van der Waals surface area contributed by atoms with Crippen LogP contribution in [0, 0.1) is 0 Å². The maximum absolute atomic E-state index is 11.7. The largest absolute Gasteiger partial charge is 0.480 e. The van der Waals surface area contributed by atoms with Crippen LogP contribution in [0.25, 0.3) is 0 Å². The molecule has 3 nitrogen and oxygen atoms in total. The molecular formula is C15H20ClNO2. The molecule has 1 aliphatic rings. The second-order valence-electron chi connectivity index (χ2n) is 5.24. The molecule has 1 fully saturated rings. The lowest BCUT2D eigenvalue weighted by atomic mass is 9.90. The van der Waals surface area contributed by atoms with Crippen molar-refractivity contribution in [1.29, 1.82) is 0 Å². The van der Waals surface area contributed by atoms with Crippen LogP contribution in [0.3, 0.4) is 0 Å². The van der Waals surface area contributed by atoms with E-state index >= 15 is 0 Å². The number of benzene rings is 1. The molecule has 1 heterocycles. The maximum Gasteiger partial charge on any atom is 0.324 e. The molecule has 4 heteroatoms. The van der Waals surface area contributed by atoms with E-state index in [9.17, 15) is 9.90 Å². The van der Waals surface area contributed by atoms with Gasteiger partial charge in [0.15, 0.2) is 0 Å². The zero-order valence-corrected chi connectivity index (χ0v) is 12.0. The van der Waals surface area contributed by atoms with Crippen LogP contribution in [0.15, 0.2) is 24.3 Å². The monoisotopic (exact) mass is 281 g/mol. The minimum atomic E-state index is -0.680. The summed E-state index contributed by atoms with van der Waals surface area (Å²) in [5, 5.41) is 10.3. The van der Waals surface area contributed by atoms with Gasteiger partial charge in [-0.3, -0.25) is 9.69 Å². The van der Waals surface area contributed by atoms with Gasteiger partial charge in [0.25, 0.3) is 0 Å². The fraction of sp³-hybridized carbons (Fsp3) is 0.533. The molecule has 1 atom stereocenters. The van der Waals surface area contributed by atoms with Gasteiger partial charge in [0.1, 0.15) is 5.54 Å². The summed E-state index contributed by atoms with van der Waals surface area (Å²) < 4.78 is 0. The molecule has 0 bridgehead atoms. The lowest BCUT2D eigenvalue weighted by molar-refractivity contribution is -0.150. The van der Waals surface area contributed by atoms with Crippen molar-refractivity contribution in [2.75, 3.05) is 6.54 Å². The first-order valence-electron chi connectivity index (χ1n) is 6.81. The molecular weight excluding hydrogens is 262 g/mol. The quantitative estimate of drug-likeness (QED) is 0.897. The number of carboxylic acid groups (broad SMARTS) is 1. The van der Waals surface area contributed by atoms with Gasteiger partial charge in [0.05, 0.1) is 0 Å². The SMILES string of the molecule is CCCC1(C(=O)O)CCCN1Cc1ccc(Cl)cc1. The molecule has 1 unspecified atom stereocenters. The zero-order valence-electron chi connectivity index (χ0n) is 11.2. The summed E-state index contributed by atoms with van der Waals surface area (Å²) in [6.07, 6.45) is 3.32. The topological polar surface area (TPSA) is 40.5 Å². The Morgan fingerprint density at radius 1 is 1.42 bits per heavy atom. The van der Waals surface area contributed by atoms with E-state index in [4.69, 9.17) is 11.6 Å². The van der Waals surface area contributed by atoms with Gasteiger partial charge in [-0.15, -0.1) is 0 Å². The second kappa shape index (κ2) is 5.93. The van der Waals surface area contributed by atoms with E-state index < -0.39 is 11.5 Å². The van der Waals surface area contributed by atoms with Crippen molar-refractivity contribution in [3.05, 3.63) is 34.9 Å². The van der Waals surface area contributed by atoms with Crippen LogP contribution in [0.5, 0.6) is 0 Å². The third-order valence-electron chi connectivity index (χ3n) is 3.97. The van der Waals surface area contributed by atoms with Crippen molar-refractivity contribution >= 4 is 17.6 Å². The molecule has 0 radical (unpaired) electrons. The number of rotatable bonds is 5. The Balaban J connectivity index is 2.17. The fourth-order valence-corrected chi connectivity index (χ4v) is 3.15. The van der Waals surface area contributed by atoms with Crippen LogP contribution >= 0.6 is 11.6 Å². The van der Waals surface area contributed by atoms with Crippen molar-refractivity contribution in [3.8, 4) is 0 Å². The number of hydrogen-bond donors (Lipinski definition) is 1. The summed E-state index contributed by atoms with van der Waals surface area (Å²) in [6, 6.07) is 7.66. The zero-order chi connectivity index (χ0) is 13.9. The second-order valence-corrected chi connectivity index (χ2v) is 5.67. The molecule has 1 N–H and O–H groups in total. The molecule has 0 spiro atoms. The highest BCUT2D eigenvalue weighted by atomic mass is 35.5. The Morgan fingerprint density at radius 2 is 2.11 bits per heavy atom. The number of aliphatic carboxylic acids is 1. The lowest BCUT2D eigenvalue weighted by Crippen LogP contribution is -2.49. The number of carbonyl (C=O) groups is 1. The van der Waals surface area contributed by atoms with Gasteiger partial charge in [0.2, 0.25) is 0 Å². The van der Waals surface area contributed by atoms with Crippen molar-refractivity contribution in [2.45, 2.75) is 44.7 Å². The molecule has 0 aliphatic carbocycles. The normalized spacial score (nSPS) is 23.7. The maximum atomic E-state index is 11.7. The average Bonchev–Trinajstić information content (AvgIpc) is 2.77. The van der Waals surface area contributed by atoms with E-state index in [1.54, 1.807) is 0 Å². The van der Waals surface area contributed by atoms with E-state index in [2.05, 4.69) is 4.90 Å². The Kier molecular flexibility index (Phi) is 4.48. The van der Waals surface area contributed by atoms with E-state index in [0.29, 0.717) is 11.6 Å². The molecule has 1 saturated heterocycles. The third-order valence-corrected chi connectivity index (χ3v) is 4.22. The van der Waals surface area contributed by atoms with Crippen LogP contribution in [0.1, 0.15) is 38.2 Å². The number of halogens is 1. The van der Waals surface area contributed by atoms with Gasteiger partial charge in [-0.1, -0.05) is 37.1 Å². The summed E-state index contributed by atoms with van der Waals surface area (Å²) in [6.45, 7) is 3.59. The predicted octanol–water partition coefficient (Wildman–Crippen LogP) is 3.56. The third kappa shape index (κ3) is 2.93.